The van der Waals surface area contributed by atoms with Gasteiger partial charge in [0, 0.05) is 52.9 Å². The Kier molecular flexibility index (Phi) is 30.6. The van der Waals surface area contributed by atoms with Crippen molar-refractivity contribution in [1.82, 2.24) is 25.6 Å². The van der Waals surface area contributed by atoms with Gasteiger partial charge in [-0.2, -0.15) is 0 Å². The first kappa shape index (κ1) is 62.8. The lowest BCUT2D eigenvalue weighted by molar-refractivity contribution is -0.345. The van der Waals surface area contributed by atoms with Gasteiger partial charge < -0.3 is 108 Å². The average Bonchev–Trinajstić information content (AvgIpc) is 3.85. The van der Waals surface area contributed by atoms with E-state index in [0.29, 0.717) is 110 Å². The highest BCUT2D eigenvalue weighted by Gasteiger charge is 2.50. The minimum atomic E-state index is -1.75. The Labute approximate surface area is 425 Å². The van der Waals surface area contributed by atoms with Gasteiger partial charge in [-0.15, -0.1) is 5.10 Å². The first-order valence-corrected chi connectivity index (χ1v) is 25.4. The molecule has 3 aliphatic rings. The third kappa shape index (κ3) is 21.7. The van der Waals surface area contributed by atoms with Crippen LogP contribution in [0.15, 0.2) is 6.20 Å². The maximum absolute atomic E-state index is 12.5. The number of nitrogens with zero attached hydrogens (tertiary/aromatic N) is 3. The van der Waals surface area contributed by atoms with E-state index in [2.05, 4.69) is 20.9 Å². The van der Waals surface area contributed by atoms with Crippen molar-refractivity contribution in [2.45, 2.75) is 170 Å². The molecule has 0 unspecified atom stereocenters. The Morgan fingerprint density at radius 1 is 0.575 bits per heavy atom. The maximum atomic E-state index is 12.5. The van der Waals surface area contributed by atoms with E-state index >= 15 is 0 Å². The number of ether oxygens (including phenoxy) is 12. The summed E-state index contributed by atoms with van der Waals surface area (Å²) in [4.78, 5) is 24.8. The molecular weight excluding hydrogens is 975 g/mol. The Bertz CT molecular complexity index is 1620. The second-order valence-electron chi connectivity index (χ2n) is 17.7. The van der Waals surface area contributed by atoms with Crippen LogP contribution in [0.1, 0.15) is 70.9 Å². The molecule has 0 radical (unpaired) electrons. The van der Waals surface area contributed by atoms with Crippen molar-refractivity contribution in [3.8, 4) is 0 Å². The van der Waals surface area contributed by atoms with E-state index in [1.807, 2.05) is 13.8 Å². The number of rotatable bonds is 38. The number of carbonyl (C=O) groups excluding carboxylic acids is 2. The standard InChI is InChI=1S/C46H83N5O22/c1-4-63-20-22-65-18-14-47-33(53)12-8-6-10-17-68-43-32(28-69-45-39(59)36(56)35(55)30(26-52)71-45)73-46(41(61)38(43)58)70-27-31-42(37(57)40(60)44(62-3)72-31)67-16-11-7-9-13-34(54)48-24-29-25-51(50-49-29)15-19-66-23-21-64-5-2/h25,30-32,35-46,52,55-61H,4-24,26-28H2,1-3H3,(H,47,53)(H,48,54)/t30-,31-,32-,35-,36+,37-,38-,39-,40-,41-,42-,43-,44+,45+,46+/m1/s1. The highest BCUT2D eigenvalue weighted by atomic mass is 16.7. The zero-order chi connectivity index (χ0) is 53.0. The summed E-state index contributed by atoms with van der Waals surface area (Å²) in [5.41, 5.74) is 0.602. The molecular formula is C46H83N5O22. The van der Waals surface area contributed by atoms with Crippen LogP contribution < -0.4 is 10.6 Å². The van der Waals surface area contributed by atoms with Crippen LogP contribution in [0, 0.1) is 0 Å². The molecule has 27 nitrogen and oxygen atoms in total. The van der Waals surface area contributed by atoms with Gasteiger partial charge in [0.25, 0.3) is 0 Å². The van der Waals surface area contributed by atoms with E-state index in [1.54, 1.807) is 10.9 Å². The molecule has 0 bridgehead atoms. The van der Waals surface area contributed by atoms with Crippen molar-refractivity contribution in [3.05, 3.63) is 11.9 Å². The molecule has 4 heterocycles. The van der Waals surface area contributed by atoms with Crippen molar-refractivity contribution in [2.75, 3.05) is 99.5 Å². The monoisotopic (exact) mass is 1060 g/mol. The van der Waals surface area contributed by atoms with Gasteiger partial charge in [0.1, 0.15) is 78.9 Å². The topological polar surface area (TPSA) is 362 Å². The van der Waals surface area contributed by atoms with Crippen molar-refractivity contribution in [1.29, 1.82) is 0 Å². The Morgan fingerprint density at radius 2 is 1.08 bits per heavy atom. The van der Waals surface area contributed by atoms with Crippen molar-refractivity contribution >= 4 is 11.8 Å². The van der Waals surface area contributed by atoms with Crippen LogP contribution in [0.2, 0.25) is 0 Å². The molecule has 3 fully saturated rings. The summed E-state index contributed by atoms with van der Waals surface area (Å²) in [5, 5.41) is 99.2. The van der Waals surface area contributed by atoms with Gasteiger partial charge in [-0.25, -0.2) is 4.68 Å². The molecule has 1 aromatic heterocycles. The summed E-state index contributed by atoms with van der Waals surface area (Å²) in [5.74, 6) is -0.308. The number of methoxy groups -OCH3 is 1. The summed E-state index contributed by atoms with van der Waals surface area (Å²) in [6, 6.07) is 0. The number of hydrogen-bond donors (Lipinski definition) is 10. The molecule has 0 saturated carbocycles. The Morgan fingerprint density at radius 3 is 1.64 bits per heavy atom. The molecule has 3 saturated heterocycles. The molecule has 0 aliphatic carbocycles. The van der Waals surface area contributed by atoms with Gasteiger partial charge in [0.15, 0.2) is 18.9 Å². The first-order chi connectivity index (χ1) is 35.3. The number of carbonyl (C=O) groups is 2. The molecule has 27 heteroatoms. The lowest BCUT2D eigenvalue weighted by Crippen LogP contribution is -2.63. The van der Waals surface area contributed by atoms with Gasteiger partial charge in [-0.05, 0) is 39.5 Å². The van der Waals surface area contributed by atoms with Crippen LogP contribution >= 0.6 is 0 Å². The lowest BCUT2D eigenvalue weighted by Gasteiger charge is -2.45. The molecule has 2 amide bonds. The second-order valence-corrected chi connectivity index (χ2v) is 17.7. The first-order valence-electron chi connectivity index (χ1n) is 25.4. The minimum absolute atomic E-state index is 0.0639. The number of nitrogens with one attached hydrogen (secondary N) is 2. The van der Waals surface area contributed by atoms with Gasteiger partial charge in [-0.1, -0.05) is 18.1 Å². The molecule has 15 atom stereocenters. The fourth-order valence-electron chi connectivity index (χ4n) is 8.02. The molecule has 10 N–H and O–H groups in total. The van der Waals surface area contributed by atoms with Crippen molar-refractivity contribution < 1.29 is 107 Å². The van der Waals surface area contributed by atoms with Gasteiger partial charge >= 0.3 is 0 Å². The number of aliphatic hydroxyl groups excluding tert-OH is 8. The molecule has 0 aromatic carbocycles. The third-order valence-corrected chi connectivity index (χ3v) is 12.2. The third-order valence-electron chi connectivity index (χ3n) is 12.2. The maximum Gasteiger partial charge on any atom is 0.220 e. The largest absolute Gasteiger partial charge is 0.394 e. The van der Waals surface area contributed by atoms with E-state index in [9.17, 15) is 50.4 Å². The predicted molar refractivity (Wildman–Crippen MR) is 250 cm³/mol. The minimum Gasteiger partial charge on any atom is -0.394 e. The highest BCUT2D eigenvalue weighted by Crippen LogP contribution is 2.30. The average molecular weight is 1060 g/mol. The fourth-order valence-corrected chi connectivity index (χ4v) is 8.02. The lowest BCUT2D eigenvalue weighted by atomic mass is 9.97. The van der Waals surface area contributed by atoms with Crippen LogP contribution in [0.4, 0.5) is 0 Å². The van der Waals surface area contributed by atoms with E-state index in [0.717, 1.165) is 0 Å². The smallest absolute Gasteiger partial charge is 0.220 e. The van der Waals surface area contributed by atoms with E-state index < -0.39 is 112 Å². The van der Waals surface area contributed by atoms with E-state index in [1.165, 1.54) is 7.11 Å². The Hall–Kier alpha value is -2.72. The van der Waals surface area contributed by atoms with Gasteiger partial charge in [0.05, 0.1) is 78.7 Å². The summed E-state index contributed by atoms with van der Waals surface area (Å²) in [6.45, 7) is 7.42. The van der Waals surface area contributed by atoms with Crippen LogP contribution in [0.25, 0.3) is 0 Å². The zero-order valence-corrected chi connectivity index (χ0v) is 42.3. The molecule has 73 heavy (non-hydrogen) atoms. The molecule has 1 aromatic rings. The summed E-state index contributed by atoms with van der Waals surface area (Å²) < 4.78 is 69.5. The second kappa shape index (κ2) is 35.6. The van der Waals surface area contributed by atoms with Gasteiger partial charge in [-0.3, -0.25) is 9.59 Å². The van der Waals surface area contributed by atoms with Gasteiger partial charge in [0.2, 0.25) is 11.8 Å². The summed E-state index contributed by atoms with van der Waals surface area (Å²) >= 11 is 0. The number of aromatic nitrogens is 3. The molecule has 424 valence electrons. The van der Waals surface area contributed by atoms with Crippen LogP contribution in [-0.4, -0.2) is 259 Å². The quantitative estimate of drug-likeness (QED) is 0.0286. The number of unbranched alkanes of at least 4 members (excludes halogenated alkanes) is 4. The van der Waals surface area contributed by atoms with Crippen molar-refractivity contribution in [3.63, 3.8) is 0 Å². The number of hydrogen-bond acceptors (Lipinski definition) is 24. The van der Waals surface area contributed by atoms with Crippen molar-refractivity contribution in [2.24, 2.45) is 0 Å². The predicted octanol–water partition coefficient (Wildman–Crippen LogP) is -3.62. The highest BCUT2D eigenvalue weighted by molar-refractivity contribution is 5.76. The van der Waals surface area contributed by atoms with E-state index in [-0.39, 0.29) is 44.4 Å². The fraction of sp³-hybridized carbons (Fsp3) is 0.913. The normalized spacial score (nSPS) is 30.6. The molecule has 0 spiro atoms. The molecule has 4 rings (SSSR count). The van der Waals surface area contributed by atoms with Crippen LogP contribution in [0.3, 0.4) is 0 Å². The zero-order valence-electron chi connectivity index (χ0n) is 42.3. The van der Waals surface area contributed by atoms with Crippen LogP contribution in [-0.2, 0) is 79.5 Å². The number of aliphatic hydroxyl groups is 8. The van der Waals surface area contributed by atoms with E-state index in [4.69, 9.17) is 56.8 Å². The Balaban J connectivity index is 1.26. The molecule has 3 aliphatic heterocycles. The SMILES string of the molecule is CCOCCOCCNC(=O)CCCCCO[C@H]1[C@H](O)[C@@H](O)[C@@H](OC[C@H]2O[C@H](OC)[C@H](O)[C@@H](O)[C@@H]2OCCCCCC(=O)NCc2cn(CCOCCOCC)nn2)O[C@@H]1CO[C@H]1O[C@H](CO)[C@@H](O)[C@H](O)[C@H]1O. The number of amides is 2. The summed E-state index contributed by atoms with van der Waals surface area (Å²) in [7, 11) is 1.27. The van der Waals surface area contributed by atoms with Crippen LogP contribution in [0.5, 0.6) is 0 Å². The summed E-state index contributed by atoms with van der Waals surface area (Å²) in [6.07, 6.45) is -16.5.